The fraction of sp³-hybridized carbons (Fsp3) is 0.909. The molecule has 0 saturated heterocycles. The van der Waals surface area contributed by atoms with Crippen LogP contribution in [0, 0.1) is 17.8 Å². The van der Waals surface area contributed by atoms with E-state index in [1.165, 1.54) is 19.3 Å². The summed E-state index contributed by atoms with van der Waals surface area (Å²) < 4.78 is 0. The Labute approximate surface area is 85.4 Å². The van der Waals surface area contributed by atoms with Gasteiger partial charge in [-0.2, -0.15) is 0 Å². The lowest BCUT2D eigenvalue weighted by molar-refractivity contribution is -0.123. The molecule has 80 valence electrons. The fourth-order valence-corrected chi connectivity index (χ4v) is 2.84. The Morgan fingerprint density at radius 2 is 2.14 bits per heavy atom. The second-order valence-electron chi connectivity index (χ2n) is 4.63. The maximum absolute atomic E-state index is 11.8. The average Bonchev–Trinajstić information content (AvgIpc) is 2.69. The molecule has 2 aliphatic rings. The van der Waals surface area contributed by atoms with Crippen LogP contribution in [0.5, 0.6) is 0 Å². The minimum Gasteiger partial charge on any atom is -0.352 e. The van der Waals surface area contributed by atoms with E-state index in [-0.39, 0.29) is 11.9 Å². The fourth-order valence-electron chi connectivity index (χ4n) is 2.84. The van der Waals surface area contributed by atoms with Crippen molar-refractivity contribution in [2.45, 2.75) is 38.6 Å². The minimum atomic E-state index is 0.184. The van der Waals surface area contributed by atoms with Gasteiger partial charge in [0.05, 0.1) is 0 Å². The van der Waals surface area contributed by atoms with Gasteiger partial charge in [-0.25, -0.2) is 0 Å². The summed E-state index contributed by atoms with van der Waals surface area (Å²) >= 11 is 0. The molecule has 0 aromatic rings. The summed E-state index contributed by atoms with van der Waals surface area (Å²) in [5.74, 6) is 2.02. The van der Waals surface area contributed by atoms with Gasteiger partial charge in [0.15, 0.2) is 0 Å². The van der Waals surface area contributed by atoms with Crippen molar-refractivity contribution in [3.05, 3.63) is 0 Å². The molecular formula is C11H20N2O. The second kappa shape index (κ2) is 3.89. The summed E-state index contributed by atoms with van der Waals surface area (Å²) in [6.07, 6.45) is 4.79. The van der Waals surface area contributed by atoms with Crippen molar-refractivity contribution in [1.29, 1.82) is 0 Å². The van der Waals surface area contributed by atoms with Crippen LogP contribution < -0.4 is 11.1 Å². The highest BCUT2D eigenvalue weighted by atomic mass is 16.2. The Morgan fingerprint density at radius 1 is 1.50 bits per heavy atom. The van der Waals surface area contributed by atoms with E-state index in [0.717, 1.165) is 6.42 Å². The van der Waals surface area contributed by atoms with Crippen LogP contribution in [-0.4, -0.2) is 18.5 Å². The SMILES string of the molecule is CCC(CN)NC(=O)C1C2CCCC21. The van der Waals surface area contributed by atoms with Crippen molar-refractivity contribution in [2.75, 3.05) is 6.54 Å². The third-order valence-corrected chi connectivity index (χ3v) is 3.83. The second-order valence-corrected chi connectivity index (χ2v) is 4.63. The molecule has 3 atom stereocenters. The van der Waals surface area contributed by atoms with Crippen molar-refractivity contribution in [1.82, 2.24) is 5.32 Å². The summed E-state index contributed by atoms with van der Waals surface area (Å²) in [4.78, 5) is 11.8. The van der Waals surface area contributed by atoms with Crippen LogP contribution in [0.15, 0.2) is 0 Å². The molecule has 1 amide bonds. The van der Waals surface area contributed by atoms with E-state index in [2.05, 4.69) is 12.2 Å². The largest absolute Gasteiger partial charge is 0.352 e. The molecule has 3 nitrogen and oxygen atoms in total. The maximum Gasteiger partial charge on any atom is 0.223 e. The monoisotopic (exact) mass is 196 g/mol. The van der Waals surface area contributed by atoms with Crippen molar-refractivity contribution in [3.8, 4) is 0 Å². The number of rotatable bonds is 4. The van der Waals surface area contributed by atoms with E-state index in [0.29, 0.717) is 24.3 Å². The van der Waals surface area contributed by atoms with Crippen LogP contribution >= 0.6 is 0 Å². The summed E-state index contributed by atoms with van der Waals surface area (Å²) in [6.45, 7) is 2.62. The highest BCUT2D eigenvalue weighted by molar-refractivity contribution is 5.82. The Balaban J connectivity index is 1.79. The topological polar surface area (TPSA) is 55.1 Å². The lowest BCUT2D eigenvalue weighted by Gasteiger charge is -2.15. The predicted octanol–water partition coefficient (Wildman–Crippen LogP) is 0.886. The molecule has 3 heteroatoms. The number of hydrogen-bond acceptors (Lipinski definition) is 2. The smallest absolute Gasteiger partial charge is 0.223 e. The van der Waals surface area contributed by atoms with Crippen LogP contribution in [0.25, 0.3) is 0 Å². The molecule has 2 saturated carbocycles. The molecule has 2 fully saturated rings. The maximum atomic E-state index is 11.8. The van der Waals surface area contributed by atoms with Gasteiger partial charge in [0.25, 0.3) is 0 Å². The van der Waals surface area contributed by atoms with Crippen LogP contribution in [-0.2, 0) is 4.79 Å². The number of fused-ring (bicyclic) bond motifs is 1. The summed E-state index contributed by atoms with van der Waals surface area (Å²) in [5.41, 5.74) is 5.55. The van der Waals surface area contributed by atoms with Crippen molar-refractivity contribution in [3.63, 3.8) is 0 Å². The zero-order valence-electron chi connectivity index (χ0n) is 8.83. The molecule has 3 N–H and O–H groups in total. The van der Waals surface area contributed by atoms with E-state index < -0.39 is 0 Å². The van der Waals surface area contributed by atoms with Gasteiger partial charge in [0, 0.05) is 18.5 Å². The lowest BCUT2D eigenvalue weighted by atomic mass is 10.1. The van der Waals surface area contributed by atoms with Gasteiger partial charge in [-0.15, -0.1) is 0 Å². The molecule has 0 radical (unpaired) electrons. The van der Waals surface area contributed by atoms with Gasteiger partial charge < -0.3 is 11.1 Å². The van der Waals surface area contributed by atoms with Crippen molar-refractivity contribution in [2.24, 2.45) is 23.5 Å². The third-order valence-electron chi connectivity index (χ3n) is 3.83. The van der Waals surface area contributed by atoms with Crippen molar-refractivity contribution < 1.29 is 4.79 Å². The predicted molar refractivity (Wildman–Crippen MR) is 55.6 cm³/mol. The highest BCUT2D eigenvalue weighted by Crippen LogP contribution is 2.57. The standard InChI is InChI=1S/C11H20N2O/c1-2-7(6-12)13-11(14)10-8-4-3-5-9(8)10/h7-10H,2-6,12H2,1H3,(H,13,14). The first-order valence-corrected chi connectivity index (χ1v) is 5.78. The summed E-state index contributed by atoms with van der Waals surface area (Å²) in [5, 5.41) is 3.04. The van der Waals surface area contributed by atoms with Gasteiger partial charge in [0.1, 0.15) is 0 Å². The molecule has 0 aromatic heterocycles. The zero-order chi connectivity index (χ0) is 10.1. The first-order valence-electron chi connectivity index (χ1n) is 5.78. The highest BCUT2D eigenvalue weighted by Gasteiger charge is 2.56. The van der Waals surface area contributed by atoms with Gasteiger partial charge in [0.2, 0.25) is 5.91 Å². The quantitative estimate of drug-likeness (QED) is 0.701. The molecule has 3 unspecified atom stereocenters. The van der Waals surface area contributed by atoms with Crippen LogP contribution in [0.4, 0.5) is 0 Å². The van der Waals surface area contributed by atoms with Gasteiger partial charge in [-0.05, 0) is 31.1 Å². The Bertz CT molecular complexity index is 215. The number of amides is 1. The molecule has 0 spiro atoms. The van der Waals surface area contributed by atoms with Gasteiger partial charge in [-0.3, -0.25) is 4.79 Å². The number of carbonyl (C=O) groups excluding carboxylic acids is 1. The van der Waals surface area contributed by atoms with E-state index in [4.69, 9.17) is 5.73 Å². The van der Waals surface area contributed by atoms with E-state index >= 15 is 0 Å². The normalized spacial score (nSPS) is 36.3. The number of hydrogen-bond donors (Lipinski definition) is 2. The molecule has 0 aromatic carbocycles. The molecule has 0 aliphatic heterocycles. The summed E-state index contributed by atoms with van der Waals surface area (Å²) in [6, 6.07) is 0.184. The molecule has 0 bridgehead atoms. The van der Waals surface area contributed by atoms with E-state index in [9.17, 15) is 4.79 Å². The number of nitrogens with two attached hydrogens (primary N) is 1. The third kappa shape index (κ3) is 1.65. The molecule has 2 aliphatic carbocycles. The Kier molecular flexibility index (Phi) is 2.77. The first-order chi connectivity index (χ1) is 6.77. The average molecular weight is 196 g/mol. The van der Waals surface area contributed by atoms with Crippen LogP contribution in [0.2, 0.25) is 0 Å². The zero-order valence-corrected chi connectivity index (χ0v) is 8.83. The number of nitrogens with one attached hydrogen (secondary N) is 1. The minimum absolute atomic E-state index is 0.184. The molecule has 0 heterocycles. The molecule has 2 rings (SSSR count). The van der Waals surface area contributed by atoms with Crippen molar-refractivity contribution >= 4 is 5.91 Å². The Morgan fingerprint density at radius 3 is 2.64 bits per heavy atom. The lowest BCUT2D eigenvalue weighted by Crippen LogP contribution is -2.41. The molecular weight excluding hydrogens is 176 g/mol. The first kappa shape index (κ1) is 9.97. The van der Waals surface area contributed by atoms with Gasteiger partial charge >= 0.3 is 0 Å². The Hall–Kier alpha value is -0.570. The molecule has 14 heavy (non-hydrogen) atoms. The van der Waals surface area contributed by atoms with Crippen LogP contribution in [0.3, 0.4) is 0 Å². The summed E-state index contributed by atoms with van der Waals surface area (Å²) in [7, 11) is 0. The number of carbonyl (C=O) groups is 1. The van der Waals surface area contributed by atoms with Gasteiger partial charge in [-0.1, -0.05) is 13.3 Å². The van der Waals surface area contributed by atoms with E-state index in [1.54, 1.807) is 0 Å². The van der Waals surface area contributed by atoms with E-state index in [1.807, 2.05) is 0 Å². The van der Waals surface area contributed by atoms with Crippen LogP contribution in [0.1, 0.15) is 32.6 Å².